The van der Waals surface area contributed by atoms with E-state index in [-0.39, 0.29) is 0 Å². The molecule has 0 bridgehead atoms. The number of hydrogen-bond acceptors (Lipinski definition) is 3. The molecule has 2 fully saturated rings. The average molecular weight is 198 g/mol. The van der Waals surface area contributed by atoms with E-state index in [1.807, 2.05) is 0 Å². The molecule has 3 heteroatoms. The first kappa shape index (κ1) is 10.4. The Morgan fingerprint density at radius 2 is 1.93 bits per heavy atom. The van der Waals surface area contributed by atoms with Gasteiger partial charge in [0.05, 0.1) is 6.10 Å². The molecule has 0 radical (unpaired) electrons. The predicted molar refractivity (Wildman–Crippen MR) is 57.2 cm³/mol. The molecule has 3 nitrogen and oxygen atoms in total. The maximum Gasteiger partial charge on any atom is 0.0601 e. The van der Waals surface area contributed by atoms with Gasteiger partial charge in [0.15, 0.2) is 0 Å². The van der Waals surface area contributed by atoms with Crippen LogP contribution in [-0.4, -0.2) is 31.3 Å². The van der Waals surface area contributed by atoms with Crippen molar-refractivity contribution in [2.75, 3.05) is 7.11 Å². The van der Waals surface area contributed by atoms with Crippen LogP contribution in [0.1, 0.15) is 38.5 Å². The lowest BCUT2D eigenvalue weighted by atomic mass is 9.85. The van der Waals surface area contributed by atoms with Crippen molar-refractivity contribution in [3.63, 3.8) is 0 Å². The highest BCUT2D eigenvalue weighted by atomic mass is 16.5. The molecule has 2 rings (SSSR count). The molecule has 0 aromatic carbocycles. The smallest absolute Gasteiger partial charge is 0.0601 e. The van der Waals surface area contributed by atoms with Gasteiger partial charge < -0.3 is 15.8 Å². The van der Waals surface area contributed by atoms with E-state index in [9.17, 15) is 0 Å². The van der Waals surface area contributed by atoms with Gasteiger partial charge in [0.25, 0.3) is 0 Å². The van der Waals surface area contributed by atoms with E-state index in [2.05, 4.69) is 5.32 Å². The molecule has 14 heavy (non-hydrogen) atoms. The zero-order valence-corrected chi connectivity index (χ0v) is 9.04. The van der Waals surface area contributed by atoms with Crippen LogP contribution in [0.2, 0.25) is 0 Å². The highest BCUT2D eigenvalue weighted by Gasteiger charge is 2.31. The van der Waals surface area contributed by atoms with Crippen LogP contribution >= 0.6 is 0 Å². The van der Waals surface area contributed by atoms with Gasteiger partial charge in [0, 0.05) is 25.2 Å². The van der Waals surface area contributed by atoms with E-state index >= 15 is 0 Å². The van der Waals surface area contributed by atoms with Gasteiger partial charge in [0.1, 0.15) is 0 Å². The standard InChI is InChI=1S/C11H22N2O/c1-14-11-6-10(7-11)13-9-4-2-3-8(12)5-9/h8-11,13H,2-7,12H2,1H3. The molecule has 2 unspecified atom stereocenters. The Bertz CT molecular complexity index is 180. The van der Waals surface area contributed by atoms with Crippen molar-refractivity contribution in [3.8, 4) is 0 Å². The quantitative estimate of drug-likeness (QED) is 0.712. The van der Waals surface area contributed by atoms with Crippen LogP contribution in [0.15, 0.2) is 0 Å². The SMILES string of the molecule is COC1CC(NC2CCCC(N)C2)C1. The van der Waals surface area contributed by atoms with Crippen LogP contribution in [0, 0.1) is 0 Å². The van der Waals surface area contributed by atoms with E-state index in [0.717, 1.165) is 6.42 Å². The Hall–Kier alpha value is -0.120. The van der Waals surface area contributed by atoms with E-state index < -0.39 is 0 Å². The van der Waals surface area contributed by atoms with Gasteiger partial charge in [-0.25, -0.2) is 0 Å². The topological polar surface area (TPSA) is 47.3 Å². The van der Waals surface area contributed by atoms with Crippen molar-refractivity contribution in [3.05, 3.63) is 0 Å². The molecular weight excluding hydrogens is 176 g/mol. The van der Waals surface area contributed by atoms with Crippen LogP contribution in [0.4, 0.5) is 0 Å². The molecule has 0 aliphatic heterocycles. The summed E-state index contributed by atoms with van der Waals surface area (Å²) in [5.74, 6) is 0. The molecule has 0 aromatic heterocycles. The van der Waals surface area contributed by atoms with Crippen molar-refractivity contribution in [1.29, 1.82) is 0 Å². The monoisotopic (exact) mass is 198 g/mol. The summed E-state index contributed by atoms with van der Waals surface area (Å²) < 4.78 is 5.26. The van der Waals surface area contributed by atoms with E-state index in [0.29, 0.717) is 24.2 Å². The first-order valence-corrected chi connectivity index (χ1v) is 5.82. The van der Waals surface area contributed by atoms with Crippen LogP contribution in [-0.2, 0) is 4.74 Å². The molecule has 0 saturated heterocycles. The van der Waals surface area contributed by atoms with Gasteiger partial charge in [-0.05, 0) is 32.1 Å². The van der Waals surface area contributed by atoms with Crippen molar-refractivity contribution in [2.45, 2.75) is 62.8 Å². The summed E-state index contributed by atoms with van der Waals surface area (Å²) in [5, 5.41) is 3.69. The second-order valence-electron chi connectivity index (χ2n) is 4.82. The maximum atomic E-state index is 5.95. The summed E-state index contributed by atoms with van der Waals surface area (Å²) in [7, 11) is 1.80. The van der Waals surface area contributed by atoms with Gasteiger partial charge in [0.2, 0.25) is 0 Å². The van der Waals surface area contributed by atoms with Crippen LogP contribution < -0.4 is 11.1 Å². The minimum atomic E-state index is 0.430. The molecule has 2 atom stereocenters. The van der Waals surface area contributed by atoms with Crippen molar-refractivity contribution in [2.24, 2.45) is 5.73 Å². The predicted octanol–water partition coefficient (Wildman–Crippen LogP) is 1.02. The Kier molecular flexibility index (Phi) is 3.42. The molecule has 3 N–H and O–H groups in total. The molecule has 2 aliphatic rings. The van der Waals surface area contributed by atoms with Gasteiger partial charge in [-0.3, -0.25) is 0 Å². The molecule has 0 spiro atoms. The molecular formula is C11H22N2O. The number of ether oxygens (including phenoxy) is 1. The fraction of sp³-hybridized carbons (Fsp3) is 1.00. The summed E-state index contributed by atoms with van der Waals surface area (Å²) in [6.45, 7) is 0. The lowest BCUT2D eigenvalue weighted by molar-refractivity contribution is 0.0126. The third-order valence-corrected chi connectivity index (χ3v) is 3.61. The fourth-order valence-corrected chi connectivity index (χ4v) is 2.61. The molecule has 2 aliphatic carbocycles. The summed E-state index contributed by atoms with van der Waals surface area (Å²) in [6, 6.07) is 1.79. The highest BCUT2D eigenvalue weighted by Crippen LogP contribution is 2.25. The van der Waals surface area contributed by atoms with Crippen molar-refractivity contribution in [1.82, 2.24) is 5.32 Å². The number of nitrogens with two attached hydrogens (primary N) is 1. The normalized spacial score (nSPS) is 43.3. The van der Waals surface area contributed by atoms with Crippen LogP contribution in [0.25, 0.3) is 0 Å². The number of methoxy groups -OCH3 is 1. The summed E-state index contributed by atoms with van der Waals surface area (Å²) in [6.07, 6.45) is 7.84. The minimum Gasteiger partial charge on any atom is -0.381 e. The van der Waals surface area contributed by atoms with E-state index in [1.165, 1.54) is 32.1 Å². The highest BCUT2D eigenvalue weighted by molar-refractivity contribution is 4.90. The summed E-state index contributed by atoms with van der Waals surface area (Å²) in [4.78, 5) is 0. The first-order valence-electron chi connectivity index (χ1n) is 5.82. The largest absolute Gasteiger partial charge is 0.381 e. The number of hydrogen-bond donors (Lipinski definition) is 2. The Morgan fingerprint density at radius 1 is 1.14 bits per heavy atom. The van der Waals surface area contributed by atoms with Crippen LogP contribution in [0.3, 0.4) is 0 Å². The molecule has 2 saturated carbocycles. The van der Waals surface area contributed by atoms with Crippen molar-refractivity contribution < 1.29 is 4.74 Å². The van der Waals surface area contributed by atoms with Crippen molar-refractivity contribution >= 4 is 0 Å². The molecule has 0 heterocycles. The van der Waals surface area contributed by atoms with Gasteiger partial charge in [-0.15, -0.1) is 0 Å². The molecule has 82 valence electrons. The lowest BCUT2D eigenvalue weighted by Crippen LogP contribution is -2.51. The fourth-order valence-electron chi connectivity index (χ4n) is 2.61. The second kappa shape index (κ2) is 4.60. The Balaban J connectivity index is 1.66. The first-order chi connectivity index (χ1) is 6.78. The van der Waals surface area contributed by atoms with Crippen LogP contribution in [0.5, 0.6) is 0 Å². The summed E-state index contributed by atoms with van der Waals surface area (Å²) in [5.41, 5.74) is 5.95. The van der Waals surface area contributed by atoms with Gasteiger partial charge in [-0.1, -0.05) is 6.42 Å². The average Bonchev–Trinajstić information content (AvgIpc) is 2.10. The number of nitrogens with one attached hydrogen (secondary N) is 1. The van der Waals surface area contributed by atoms with Gasteiger partial charge >= 0.3 is 0 Å². The molecule has 0 amide bonds. The third kappa shape index (κ3) is 2.47. The zero-order chi connectivity index (χ0) is 9.97. The second-order valence-corrected chi connectivity index (χ2v) is 4.82. The Labute approximate surface area is 86.4 Å². The van der Waals surface area contributed by atoms with E-state index in [1.54, 1.807) is 7.11 Å². The lowest BCUT2D eigenvalue weighted by Gasteiger charge is -2.39. The third-order valence-electron chi connectivity index (χ3n) is 3.61. The van der Waals surface area contributed by atoms with Gasteiger partial charge in [-0.2, -0.15) is 0 Å². The zero-order valence-electron chi connectivity index (χ0n) is 9.04. The maximum absolute atomic E-state index is 5.95. The minimum absolute atomic E-state index is 0.430. The van der Waals surface area contributed by atoms with E-state index in [4.69, 9.17) is 10.5 Å². The molecule has 0 aromatic rings. The number of rotatable bonds is 3. The summed E-state index contributed by atoms with van der Waals surface area (Å²) >= 11 is 0. The Morgan fingerprint density at radius 3 is 2.57 bits per heavy atom.